The van der Waals surface area contributed by atoms with Crippen molar-refractivity contribution in [2.75, 3.05) is 31.6 Å². The molecule has 1 fully saturated rings. The molecule has 0 radical (unpaired) electrons. The standard InChI is InChI=1S/C15H24BrNO5/c1-4-7-17-9-10(8-16)11(13(17)18)12(14(19)21-5-2)15(20)22-6-3/h10-12H,4-9H2,1-3H3. The van der Waals surface area contributed by atoms with Gasteiger partial charge in [0, 0.05) is 18.4 Å². The Morgan fingerprint density at radius 3 is 2.18 bits per heavy atom. The minimum atomic E-state index is -1.18. The average Bonchev–Trinajstić information content (AvgIpc) is 2.78. The molecule has 1 amide bonds. The highest BCUT2D eigenvalue weighted by atomic mass is 79.9. The Kier molecular flexibility index (Phi) is 7.85. The Bertz CT molecular complexity index is 397. The summed E-state index contributed by atoms with van der Waals surface area (Å²) >= 11 is 3.38. The van der Waals surface area contributed by atoms with Crippen LogP contribution in [0.5, 0.6) is 0 Å². The molecule has 0 aliphatic carbocycles. The molecule has 1 rings (SSSR count). The van der Waals surface area contributed by atoms with Crippen molar-refractivity contribution in [2.24, 2.45) is 17.8 Å². The number of ether oxygens (including phenoxy) is 2. The van der Waals surface area contributed by atoms with Crippen LogP contribution in [0.1, 0.15) is 27.2 Å². The van der Waals surface area contributed by atoms with Crippen LogP contribution >= 0.6 is 15.9 Å². The summed E-state index contributed by atoms with van der Waals surface area (Å²) in [4.78, 5) is 38.7. The summed E-state index contributed by atoms with van der Waals surface area (Å²) in [6.07, 6.45) is 0.830. The van der Waals surface area contributed by atoms with E-state index in [2.05, 4.69) is 15.9 Å². The molecule has 0 aromatic carbocycles. The van der Waals surface area contributed by atoms with Gasteiger partial charge in [-0.05, 0) is 26.2 Å². The summed E-state index contributed by atoms with van der Waals surface area (Å²) in [5, 5.41) is 0.541. The molecule has 7 heteroatoms. The first-order valence-corrected chi connectivity index (χ1v) is 8.81. The van der Waals surface area contributed by atoms with Crippen LogP contribution in [-0.2, 0) is 23.9 Å². The lowest BCUT2D eigenvalue weighted by Gasteiger charge is -2.22. The summed E-state index contributed by atoms with van der Waals surface area (Å²) in [6.45, 7) is 6.80. The van der Waals surface area contributed by atoms with Gasteiger partial charge in [-0.15, -0.1) is 0 Å². The number of amides is 1. The maximum absolute atomic E-state index is 12.6. The molecule has 22 heavy (non-hydrogen) atoms. The molecule has 2 unspecified atom stereocenters. The quantitative estimate of drug-likeness (QED) is 0.365. The fraction of sp³-hybridized carbons (Fsp3) is 0.800. The average molecular weight is 378 g/mol. The number of halogens is 1. The number of carbonyl (C=O) groups excluding carboxylic acids is 3. The van der Waals surface area contributed by atoms with Gasteiger partial charge in [-0.3, -0.25) is 14.4 Å². The van der Waals surface area contributed by atoms with Gasteiger partial charge in [0.25, 0.3) is 0 Å². The van der Waals surface area contributed by atoms with Crippen molar-refractivity contribution in [1.29, 1.82) is 0 Å². The molecule has 2 atom stereocenters. The highest BCUT2D eigenvalue weighted by Gasteiger charge is 2.50. The van der Waals surface area contributed by atoms with Gasteiger partial charge in [-0.1, -0.05) is 22.9 Å². The van der Waals surface area contributed by atoms with Crippen LogP contribution in [0.2, 0.25) is 0 Å². The zero-order chi connectivity index (χ0) is 16.7. The van der Waals surface area contributed by atoms with Crippen molar-refractivity contribution in [1.82, 2.24) is 4.90 Å². The van der Waals surface area contributed by atoms with E-state index < -0.39 is 23.8 Å². The van der Waals surface area contributed by atoms with Crippen LogP contribution in [-0.4, -0.2) is 54.4 Å². The molecule has 0 aromatic heterocycles. The monoisotopic (exact) mass is 377 g/mol. The molecule has 1 aliphatic heterocycles. The van der Waals surface area contributed by atoms with Gasteiger partial charge >= 0.3 is 11.9 Å². The first-order valence-electron chi connectivity index (χ1n) is 7.69. The lowest BCUT2D eigenvalue weighted by molar-refractivity contribution is -0.167. The molecule has 0 bridgehead atoms. The summed E-state index contributed by atoms with van der Waals surface area (Å²) in [7, 11) is 0. The van der Waals surface area contributed by atoms with E-state index in [-0.39, 0.29) is 25.0 Å². The van der Waals surface area contributed by atoms with E-state index in [1.54, 1.807) is 18.7 Å². The number of hydrogen-bond donors (Lipinski definition) is 0. The van der Waals surface area contributed by atoms with Crippen LogP contribution in [0.3, 0.4) is 0 Å². The minimum Gasteiger partial charge on any atom is -0.465 e. The predicted molar refractivity (Wildman–Crippen MR) is 84.4 cm³/mol. The predicted octanol–water partition coefficient (Wildman–Crippen LogP) is 1.61. The molecule has 1 heterocycles. The van der Waals surface area contributed by atoms with E-state index in [1.165, 1.54) is 0 Å². The highest BCUT2D eigenvalue weighted by molar-refractivity contribution is 9.09. The SMILES string of the molecule is CCCN1CC(CBr)C(C(C(=O)OCC)C(=O)OCC)C1=O. The lowest BCUT2D eigenvalue weighted by Crippen LogP contribution is -2.41. The molecule has 6 nitrogen and oxygen atoms in total. The fourth-order valence-corrected chi connectivity index (χ4v) is 3.39. The van der Waals surface area contributed by atoms with Crippen molar-refractivity contribution < 1.29 is 23.9 Å². The van der Waals surface area contributed by atoms with Gasteiger partial charge in [-0.2, -0.15) is 0 Å². The Hall–Kier alpha value is -1.11. The Balaban J connectivity index is 3.06. The molecular weight excluding hydrogens is 354 g/mol. The van der Waals surface area contributed by atoms with Crippen LogP contribution in [0, 0.1) is 17.8 Å². The lowest BCUT2D eigenvalue weighted by atomic mass is 9.84. The van der Waals surface area contributed by atoms with E-state index in [0.717, 1.165) is 6.42 Å². The number of esters is 2. The summed E-state index contributed by atoms with van der Waals surface area (Å²) < 4.78 is 9.99. The van der Waals surface area contributed by atoms with E-state index >= 15 is 0 Å². The zero-order valence-electron chi connectivity index (χ0n) is 13.3. The normalized spacial score (nSPS) is 21.3. The number of carbonyl (C=O) groups is 3. The van der Waals surface area contributed by atoms with E-state index in [9.17, 15) is 14.4 Å². The van der Waals surface area contributed by atoms with Crippen molar-refractivity contribution in [3.63, 3.8) is 0 Å². The van der Waals surface area contributed by atoms with Crippen molar-refractivity contribution in [2.45, 2.75) is 27.2 Å². The topological polar surface area (TPSA) is 72.9 Å². The molecule has 0 aromatic rings. The van der Waals surface area contributed by atoms with Crippen LogP contribution < -0.4 is 0 Å². The molecule has 126 valence electrons. The second kappa shape index (κ2) is 9.12. The Labute approximate surface area is 139 Å². The summed E-state index contributed by atoms with van der Waals surface area (Å²) in [5.74, 6) is -3.54. The highest BCUT2D eigenvalue weighted by Crippen LogP contribution is 2.34. The van der Waals surface area contributed by atoms with Gasteiger partial charge in [-0.25, -0.2) is 0 Å². The minimum absolute atomic E-state index is 0.113. The third kappa shape index (κ3) is 4.21. The van der Waals surface area contributed by atoms with Crippen LogP contribution in [0.25, 0.3) is 0 Å². The van der Waals surface area contributed by atoms with Gasteiger partial charge in [0.15, 0.2) is 5.92 Å². The van der Waals surface area contributed by atoms with Crippen LogP contribution in [0.15, 0.2) is 0 Å². The zero-order valence-corrected chi connectivity index (χ0v) is 14.9. The van der Waals surface area contributed by atoms with E-state index in [1.807, 2.05) is 6.92 Å². The number of nitrogens with zero attached hydrogens (tertiary/aromatic N) is 1. The number of alkyl halides is 1. The van der Waals surface area contributed by atoms with E-state index in [4.69, 9.17) is 9.47 Å². The van der Waals surface area contributed by atoms with Gasteiger partial charge in [0.05, 0.1) is 19.1 Å². The molecule has 1 aliphatic rings. The first kappa shape index (κ1) is 18.9. The van der Waals surface area contributed by atoms with Crippen molar-refractivity contribution in [3.05, 3.63) is 0 Å². The number of likely N-dealkylation sites (tertiary alicyclic amines) is 1. The maximum atomic E-state index is 12.6. The third-order valence-corrected chi connectivity index (χ3v) is 4.52. The Morgan fingerprint density at radius 2 is 1.77 bits per heavy atom. The summed E-state index contributed by atoms with van der Waals surface area (Å²) in [5.41, 5.74) is 0. The molecule has 1 saturated heterocycles. The second-order valence-electron chi connectivity index (χ2n) is 5.21. The molecule has 0 N–H and O–H groups in total. The fourth-order valence-electron chi connectivity index (χ4n) is 2.78. The van der Waals surface area contributed by atoms with Crippen molar-refractivity contribution >= 4 is 33.8 Å². The molecule has 0 saturated carbocycles. The largest absolute Gasteiger partial charge is 0.465 e. The molecular formula is C15H24BrNO5. The van der Waals surface area contributed by atoms with Gasteiger partial charge in [0.2, 0.25) is 5.91 Å². The second-order valence-corrected chi connectivity index (χ2v) is 5.85. The maximum Gasteiger partial charge on any atom is 0.321 e. The Morgan fingerprint density at radius 1 is 1.23 bits per heavy atom. The van der Waals surface area contributed by atoms with Crippen molar-refractivity contribution in [3.8, 4) is 0 Å². The first-order chi connectivity index (χ1) is 10.5. The van der Waals surface area contributed by atoms with Crippen LogP contribution in [0.4, 0.5) is 0 Å². The number of rotatable bonds is 8. The van der Waals surface area contributed by atoms with Gasteiger partial charge < -0.3 is 14.4 Å². The smallest absolute Gasteiger partial charge is 0.321 e. The third-order valence-electron chi connectivity index (χ3n) is 3.69. The van der Waals surface area contributed by atoms with Gasteiger partial charge in [0.1, 0.15) is 0 Å². The number of hydrogen-bond acceptors (Lipinski definition) is 5. The molecule has 0 spiro atoms. The van der Waals surface area contributed by atoms with E-state index in [0.29, 0.717) is 18.4 Å². The summed E-state index contributed by atoms with van der Waals surface area (Å²) in [6, 6.07) is 0.